The largest absolute Gasteiger partial charge is 0.376 e. The van der Waals surface area contributed by atoms with Gasteiger partial charge in [-0.3, -0.25) is 0 Å². The molecular formula is C16H25NO. The summed E-state index contributed by atoms with van der Waals surface area (Å²) < 4.78 is 5.97. The quantitative estimate of drug-likeness (QED) is 0.798. The van der Waals surface area contributed by atoms with E-state index in [2.05, 4.69) is 43.4 Å². The Labute approximate surface area is 111 Å². The fraction of sp³-hybridized carbons (Fsp3) is 0.625. The summed E-state index contributed by atoms with van der Waals surface area (Å²) >= 11 is 0. The van der Waals surface area contributed by atoms with E-state index in [1.165, 1.54) is 24.0 Å². The van der Waals surface area contributed by atoms with Gasteiger partial charge in [-0.25, -0.2) is 0 Å². The van der Waals surface area contributed by atoms with E-state index in [0.717, 1.165) is 18.9 Å². The summed E-state index contributed by atoms with van der Waals surface area (Å²) in [6, 6.07) is 9.16. The SMILES string of the molecule is CCc1ccc(C(NC)C(C)OCC2CC2)cc1. The molecule has 0 bridgehead atoms. The van der Waals surface area contributed by atoms with Crippen LogP contribution in [-0.4, -0.2) is 19.8 Å². The van der Waals surface area contributed by atoms with Crippen molar-refractivity contribution < 1.29 is 4.74 Å². The van der Waals surface area contributed by atoms with Gasteiger partial charge >= 0.3 is 0 Å². The zero-order chi connectivity index (χ0) is 13.0. The molecule has 2 unspecified atom stereocenters. The summed E-state index contributed by atoms with van der Waals surface area (Å²) in [5.41, 5.74) is 2.71. The number of hydrogen-bond acceptors (Lipinski definition) is 2. The van der Waals surface area contributed by atoms with Gasteiger partial charge in [-0.1, -0.05) is 31.2 Å². The lowest BCUT2D eigenvalue weighted by atomic mass is 10.0. The predicted octanol–water partition coefficient (Wildman–Crippen LogP) is 3.32. The average molecular weight is 247 g/mol. The van der Waals surface area contributed by atoms with Crippen LogP contribution in [0.25, 0.3) is 0 Å². The van der Waals surface area contributed by atoms with Gasteiger partial charge in [-0.15, -0.1) is 0 Å². The Morgan fingerprint density at radius 2 is 1.94 bits per heavy atom. The highest BCUT2D eigenvalue weighted by atomic mass is 16.5. The summed E-state index contributed by atoms with van der Waals surface area (Å²) in [6.45, 7) is 5.27. The summed E-state index contributed by atoms with van der Waals surface area (Å²) in [7, 11) is 2.01. The predicted molar refractivity (Wildman–Crippen MR) is 75.8 cm³/mol. The maximum Gasteiger partial charge on any atom is 0.0741 e. The minimum absolute atomic E-state index is 0.225. The minimum atomic E-state index is 0.225. The zero-order valence-electron chi connectivity index (χ0n) is 11.8. The third-order valence-electron chi connectivity index (χ3n) is 3.82. The molecular weight excluding hydrogens is 222 g/mol. The zero-order valence-corrected chi connectivity index (χ0v) is 11.8. The minimum Gasteiger partial charge on any atom is -0.376 e. The molecule has 1 aromatic carbocycles. The molecule has 0 spiro atoms. The third kappa shape index (κ3) is 3.56. The van der Waals surface area contributed by atoms with Crippen LogP contribution in [0, 0.1) is 5.92 Å². The molecule has 2 atom stereocenters. The van der Waals surface area contributed by atoms with E-state index in [1.807, 2.05) is 7.05 Å². The fourth-order valence-corrected chi connectivity index (χ4v) is 2.30. The molecule has 0 saturated heterocycles. The van der Waals surface area contributed by atoms with Crippen LogP contribution in [0.15, 0.2) is 24.3 Å². The normalized spacial score (nSPS) is 18.6. The Balaban J connectivity index is 1.95. The van der Waals surface area contributed by atoms with Gasteiger partial charge < -0.3 is 10.1 Å². The van der Waals surface area contributed by atoms with Crippen LogP contribution in [0.1, 0.15) is 43.9 Å². The van der Waals surface area contributed by atoms with Gasteiger partial charge in [0.05, 0.1) is 12.1 Å². The number of likely N-dealkylation sites (N-methyl/N-ethyl adjacent to an activating group) is 1. The van der Waals surface area contributed by atoms with Crippen molar-refractivity contribution in [3.63, 3.8) is 0 Å². The van der Waals surface area contributed by atoms with Gasteiger partial charge in [0.2, 0.25) is 0 Å². The van der Waals surface area contributed by atoms with Gasteiger partial charge in [0.1, 0.15) is 0 Å². The average Bonchev–Trinajstić information content (AvgIpc) is 3.22. The Morgan fingerprint density at radius 1 is 1.28 bits per heavy atom. The van der Waals surface area contributed by atoms with Gasteiger partial charge in [0.25, 0.3) is 0 Å². The first kappa shape index (κ1) is 13.6. The first-order chi connectivity index (χ1) is 8.74. The van der Waals surface area contributed by atoms with E-state index in [-0.39, 0.29) is 12.1 Å². The maximum atomic E-state index is 5.97. The number of aryl methyl sites for hydroxylation is 1. The number of nitrogens with one attached hydrogen (secondary N) is 1. The number of benzene rings is 1. The van der Waals surface area contributed by atoms with E-state index < -0.39 is 0 Å². The van der Waals surface area contributed by atoms with Gasteiger partial charge in [-0.2, -0.15) is 0 Å². The smallest absolute Gasteiger partial charge is 0.0741 e. The van der Waals surface area contributed by atoms with Crippen molar-refractivity contribution in [2.45, 2.75) is 45.3 Å². The first-order valence-corrected chi connectivity index (χ1v) is 7.12. The van der Waals surface area contributed by atoms with Gasteiger partial charge in [-0.05, 0) is 50.3 Å². The van der Waals surface area contributed by atoms with Crippen molar-refractivity contribution in [3.8, 4) is 0 Å². The topological polar surface area (TPSA) is 21.3 Å². The summed E-state index contributed by atoms with van der Waals surface area (Å²) in [4.78, 5) is 0. The fourth-order valence-electron chi connectivity index (χ4n) is 2.30. The number of ether oxygens (including phenoxy) is 1. The molecule has 1 N–H and O–H groups in total. The van der Waals surface area contributed by atoms with E-state index in [9.17, 15) is 0 Å². The Kier molecular flexibility index (Phi) is 4.79. The molecule has 1 aromatic rings. The summed E-state index contributed by atoms with van der Waals surface area (Å²) in [6.07, 6.45) is 4.02. The Hall–Kier alpha value is -0.860. The molecule has 1 aliphatic rings. The molecule has 1 saturated carbocycles. The van der Waals surface area contributed by atoms with E-state index >= 15 is 0 Å². The van der Waals surface area contributed by atoms with Crippen molar-refractivity contribution >= 4 is 0 Å². The molecule has 1 aliphatic carbocycles. The summed E-state index contributed by atoms with van der Waals surface area (Å²) in [5, 5.41) is 3.37. The van der Waals surface area contributed by atoms with Crippen molar-refractivity contribution in [1.29, 1.82) is 0 Å². The molecule has 2 rings (SSSR count). The highest BCUT2D eigenvalue weighted by Crippen LogP contribution is 2.30. The molecule has 2 nitrogen and oxygen atoms in total. The monoisotopic (exact) mass is 247 g/mol. The molecule has 18 heavy (non-hydrogen) atoms. The molecule has 0 aliphatic heterocycles. The van der Waals surface area contributed by atoms with Crippen LogP contribution in [0.5, 0.6) is 0 Å². The molecule has 2 heteroatoms. The molecule has 0 aromatic heterocycles. The molecule has 0 radical (unpaired) electrons. The van der Waals surface area contributed by atoms with Crippen molar-refractivity contribution in [3.05, 3.63) is 35.4 Å². The summed E-state index contributed by atoms with van der Waals surface area (Å²) in [5.74, 6) is 0.826. The van der Waals surface area contributed by atoms with Crippen LogP contribution < -0.4 is 5.32 Å². The maximum absolute atomic E-state index is 5.97. The standard InChI is InChI=1S/C16H25NO/c1-4-13-7-9-15(10-8-13)16(17-3)12(2)18-11-14-5-6-14/h7-10,12,14,16-17H,4-6,11H2,1-3H3. The van der Waals surface area contributed by atoms with E-state index in [4.69, 9.17) is 4.74 Å². The van der Waals surface area contributed by atoms with Crippen molar-refractivity contribution in [1.82, 2.24) is 5.32 Å². The Morgan fingerprint density at radius 3 is 2.44 bits per heavy atom. The van der Waals surface area contributed by atoms with Crippen molar-refractivity contribution in [2.75, 3.05) is 13.7 Å². The van der Waals surface area contributed by atoms with Crippen LogP contribution in [0.3, 0.4) is 0 Å². The van der Waals surface area contributed by atoms with Crippen molar-refractivity contribution in [2.24, 2.45) is 5.92 Å². The second kappa shape index (κ2) is 6.35. The van der Waals surface area contributed by atoms with Gasteiger partial charge in [0, 0.05) is 6.61 Å². The first-order valence-electron chi connectivity index (χ1n) is 7.12. The van der Waals surface area contributed by atoms with Crippen LogP contribution in [0.4, 0.5) is 0 Å². The molecule has 0 amide bonds. The van der Waals surface area contributed by atoms with Crippen LogP contribution in [0.2, 0.25) is 0 Å². The second-order valence-corrected chi connectivity index (χ2v) is 5.34. The molecule has 1 fully saturated rings. The highest BCUT2D eigenvalue weighted by molar-refractivity contribution is 5.25. The lowest BCUT2D eigenvalue weighted by Crippen LogP contribution is -2.30. The van der Waals surface area contributed by atoms with Gasteiger partial charge in [0.15, 0.2) is 0 Å². The number of hydrogen-bond donors (Lipinski definition) is 1. The Bertz CT molecular complexity index is 356. The van der Waals surface area contributed by atoms with Crippen LogP contribution >= 0.6 is 0 Å². The second-order valence-electron chi connectivity index (χ2n) is 5.34. The van der Waals surface area contributed by atoms with E-state index in [1.54, 1.807) is 0 Å². The van der Waals surface area contributed by atoms with E-state index in [0.29, 0.717) is 0 Å². The molecule has 100 valence electrons. The lowest BCUT2D eigenvalue weighted by Gasteiger charge is -2.24. The third-order valence-corrected chi connectivity index (χ3v) is 3.82. The number of rotatable bonds is 7. The lowest BCUT2D eigenvalue weighted by molar-refractivity contribution is 0.0337. The molecule has 0 heterocycles. The van der Waals surface area contributed by atoms with Crippen LogP contribution in [-0.2, 0) is 11.2 Å². The highest BCUT2D eigenvalue weighted by Gasteiger charge is 2.25.